The summed E-state index contributed by atoms with van der Waals surface area (Å²) in [6, 6.07) is 3.92. The fourth-order valence-electron chi connectivity index (χ4n) is 1.30. The van der Waals surface area contributed by atoms with Gasteiger partial charge >= 0.3 is 0 Å². The fourth-order valence-corrected chi connectivity index (χ4v) is 1.30. The largest absolute Gasteiger partial charge is 0.384 e. The number of pyridine rings is 1. The molecule has 1 N–H and O–H groups in total. The van der Waals surface area contributed by atoms with Gasteiger partial charge in [-0.3, -0.25) is 4.98 Å². The summed E-state index contributed by atoms with van der Waals surface area (Å²) < 4.78 is 1.96. The highest BCUT2D eigenvalue weighted by atomic mass is 15.2. The number of hydrogen-bond donors (Lipinski definition) is 1. The van der Waals surface area contributed by atoms with Crippen LogP contribution in [0.3, 0.4) is 0 Å². The molecule has 0 spiro atoms. The summed E-state index contributed by atoms with van der Waals surface area (Å²) in [6.07, 6.45) is 8.07. The number of anilines is 1. The lowest BCUT2D eigenvalue weighted by atomic mass is 10.3. The Kier molecular flexibility index (Phi) is 3.27. The maximum Gasteiger partial charge on any atom is 0.119 e. The third kappa shape index (κ3) is 3.05. The van der Waals surface area contributed by atoms with Crippen LogP contribution in [0.25, 0.3) is 0 Å². The second kappa shape index (κ2) is 5.09. The predicted molar refractivity (Wildman–Crippen MR) is 57.4 cm³/mol. The summed E-state index contributed by atoms with van der Waals surface area (Å²) in [4.78, 5) is 4.03. The molecule has 0 saturated carbocycles. The van der Waals surface area contributed by atoms with Crippen molar-refractivity contribution in [2.45, 2.75) is 13.0 Å². The molecule has 5 heteroatoms. The van der Waals surface area contributed by atoms with Gasteiger partial charge in [0.25, 0.3) is 0 Å². The lowest BCUT2D eigenvalue weighted by Crippen LogP contribution is -2.05. The van der Waals surface area contributed by atoms with Crippen molar-refractivity contribution >= 4 is 5.69 Å². The molecule has 5 nitrogen and oxygen atoms in total. The highest BCUT2D eigenvalue weighted by molar-refractivity contribution is 5.39. The monoisotopic (exact) mass is 203 g/mol. The molecule has 0 amide bonds. The maximum atomic E-state index is 4.03. The van der Waals surface area contributed by atoms with E-state index < -0.39 is 0 Å². The standard InChI is InChI=1S/C10H13N5/c1-3-10(7-11-4-1)12-5-2-6-15-8-13-14-9-15/h1,3-4,7-9,12H,2,5-6H2. The van der Waals surface area contributed by atoms with E-state index in [1.807, 2.05) is 22.9 Å². The van der Waals surface area contributed by atoms with Gasteiger partial charge in [0.15, 0.2) is 0 Å². The number of nitrogens with zero attached hydrogens (tertiary/aromatic N) is 4. The summed E-state index contributed by atoms with van der Waals surface area (Å²) in [5, 5.41) is 10.8. The minimum absolute atomic E-state index is 0.921. The van der Waals surface area contributed by atoms with Crippen LogP contribution >= 0.6 is 0 Å². The zero-order valence-electron chi connectivity index (χ0n) is 8.37. The van der Waals surface area contributed by atoms with Crippen molar-refractivity contribution in [2.75, 3.05) is 11.9 Å². The lowest BCUT2D eigenvalue weighted by Gasteiger charge is -2.05. The Hall–Kier alpha value is -1.91. The van der Waals surface area contributed by atoms with E-state index in [0.29, 0.717) is 0 Å². The first kappa shape index (κ1) is 9.64. The summed E-state index contributed by atoms with van der Waals surface area (Å²) in [5.41, 5.74) is 1.06. The Morgan fingerprint density at radius 1 is 1.27 bits per heavy atom. The number of rotatable bonds is 5. The minimum Gasteiger partial charge on any atom is -0.384 e. The minimum atomic E-state index is 0.921. The molecule has 0 bridgehead atoms. The van der Waals surface area contributed by atoms with Crippen LogP contribution in [0.1, 0.15) is 6.42 Å². The first-order chi connectivity index (χ1) is 7.45. The number of aryl methyl sites for hydroxylation is 1. The van der Waals surface area contributed by atoms with Crippen LogP contribution in [0.2, 0.25) is 0 Å². The van der Waals surface area contributed by atoms with E-state index in [0.717, 1.165) is 25.2 Å². The molecule has 0 saturated heterocycles. The molecule has 0 fully saturated rings. The van der Waals surface area contributed by atoms with Gasteiger partial charge < -0.3 is 9.88 Å². The van der Waals surface area contributed by atoms with Crippen molar-refractivity contribution in [1.29, 1.82) is 0 Å². The van der Waals surface area contributed by atoms with Gasteiger partial charge in [-0.25, -0.2) is 0 Å². The van der Waals surface area contributed by atoms with Gasteiger partial charge in [0, 0.05) is 25.5 Å². The van der Waals surface area contributed by atoms with Crippen LogP contribution < -0.4 is 5.32 Å². The van der Waals surface area contributed by atoms with Gasteiger partial charge in [0.05, 0.1) is 5.69 Å². The van der Waals surface area contributed by atoms with Crippen molar-refractivity contribution in [3.8, 4) is 0 Å². The number of hydrogen-bond acceptors (Lipinski definition) is 4. The van der Waals surface area contributed by atoms with Crippen LogP contribution in [0.4, 0.5) is 5.69 Å². The van der Waals surface area contributed by atoms with Crippen molar-refractivity contribution in [1.82, 2.24) is 19.7 Å². The van der Waals surface area contributed by atoms with Crippen molar-refractivity contribution in [3.05, 3.63) is 37.2 Å². The van der Waals surface area contributed by atoms with E-state index in [1.165, 1.54) is 0 Å². The SMILES string of the molecule is c1cncc(NCCCn2cnnc2)c1. The zero-order chi connectivity index (χ0) is 10.3. The van der Waals surface area contributed by atoms with E-state index in [9.17, 15) is 0 Å². The topological polar surface area (TPSA) is 55.6 Å². The van der Waals surface area contributed by atoms with Crippen LogP contribution in [0.5, 0.6) is 0 Å². The molecular weight excluding hydrogens is 190 g/mol. The Balaban J connectivity index is 1.68. The third-order valence-electron chi connectivity index (χ3n) is 2.05. The molecule has 0 aromatic carbocycles. The van der Waals surface area contributed by atoms with Gasteiger partial charge in [-0.2, -0.15) is 0 Å². The molecule has 0 atom stereocenters. The quantitative estimate of drug-likeness (QED) is 0.741. The average Bonchev–Trinajstić information content (AvgIpc) is 2.79. The van der Waals surface area contributed by atoms with E-state index in [-0.39, 0.29) is 0 Å². The molecule has 2 aromatic heterocycles. The summed E-state index contributed by atoms with van der Waals surface area (Å²) in [5.74, 6) is 0. The smallest absolute Gasteiger partial charge is 0.119 e. The van der Waals surface area contributed by atoms with E-state index in [4.69, 9.17) is 0 Å². The van der Waals surface area contributed by atoms with Crippen molar-refractivity contribution < 1.29 is 0 Å². The molecule has 2 heterocycles. The molecule has 0 radical (unpaired) electrons. The van der Waals surface area contributed by atoms with Crippen molar-refractivity contribution in [2.24, 2.45) is 0 Å². The predicted octanol–water partition coefficient (Wildman–Crippen LogP) is 1.18. The molecule has 2 rings (SSSR count). The average molecular weight is 203 g/mol. The first-order valence-electron chi connectivity index (χ1n) is 4.91. The van der Waals surface area contributed by atoms with Crippen LogP contribution in [0.15, 0.2) is 37.2 Å². The molecule has 0 aliphatic rings. The van der Waals surface area contributed by atoms with Crippen LogP contribution in [-0.2, 0) is 6.54 Å². The van der Waals surface area contributed by atoms with Crippen molar-refractivity contribution in [3.63, 3.8) is 0 Å². The van der Waals surface area contributed by atoms with Gasteiger partial charge in [-0.1, -0.05) is 0 Å². The van der Waals surface area contributed by atoms with E-state index >= 15 is 0 Å². The van der Waals surface area contributed by atoms with E-state index in [2.05, 4.69) is 20.5 Å². The van der Waals surface area contributed by atoms with Gasteiger partial charge in [-0.05, 0) is 18.6 Å². The van der Waals surface area contributed by atoms with Gasteiger partial charge in [-0.15, -0.1) is 10.2 Å². The Bertz CT molecular complexity index is 370. The summed E-state index contributed by atoms with van der Waals surface area (Å²) >= 11 is 0. The van der Waals surface area contributed by atoms with Crippen LogP contribution in [0, 0.1) is 0 Å². The Morgan fingerprint density at radius 2 is 2.13 bits per heavy atom. The second-order valence-electron chi connectivity index (χ2n) is 3.22. The molecule has 15 heavy (non-hydrogen) atoms. The van der Waals surface area contributed by atoms with E-state index in [1.54, 1.807) is 18.9 Å². The molecule has 78 valence electrons. The molecule has 0 unspecified atom stereocenters. The van der Waals surface area contributed by atoms with Gasteiger partial charge in [0.2, 0.25) is 0 Å². The second-order valence-corrected chi connectivity index (χ2v) is 3.22. The Labute approximate surface area is 88.2 Å². The first-order valence-corrected chi connectivity index (χ1v) is 4.91. The molecular formula is C10H13N5. The highest BCUT2D eigenvalue weighted by Crippen LogP contribution is 2.02. The normalized spacial score (nSPS) is 10.1. The fraction of sp³-hybridized carbons (Fsp3) is 0.300. The van der Waals surface area contributed by atoms with Crippen LogP contribution in [-0.4, -0.2) is 26.3 Å². The zero-order valence-corrected chi connectivity index (χ0v) is 8.37. The Morgan fingerprint density at radius 3 is 2.87 bits per heavy atom. The maximum absolute atomic E-state index is 4.03. The number of aromatic nitrogens is 4. The third-order valence-corrected chi connectivity index (χ3v) is 2.05. The molecule has 0 aliphatic heterocycles. The highest BCUT2D eigenvalue weighted by Gasteiger charge is 1.92. The van der Waals surface area contributed by atoms with Gasteiger partial charge in [0.1, 0.15) is 12.7 Å². The number of nitrogens with one attached hydrogen (secondary N) is 1. The lowest BCUT2D eigenvalue weighted by molar-refractivity contribution is 0.659. The molecule has 2 aromatic rings. The summed E-state index contributed by atoms with van der Waals surface area (Å²) in [7, 11) is 0. The summed E-state index contributed by atoms with van der Waals surface area (Å²) in [6.45, 7) is 1.85. The molecule has 0 aliphatic carbocycles.